The molecule has 0 atom stereocenters. The predicted molar refractivity (Wildman–Crippen MR) is 116 cm³/mol. The molecule has 0 saturated carbocycles. The number of ether oxygens (including phenoxy) is 1. The van der Waals surface area contributed by atoms with Crippen LogP contribution in [0.1, 0.15) is 25.3 Å². The average Bonchev–Trinajstić information content (AvgIpc) is 3.30. The Hall–Kier alpha value is -3.19. The molecule has 6 nitrogen and oxygen atoms in total. The van der Waals surface area contributed by atoms with Crippen molar-refractivity contribution < 1.29 is 9.53 Å². The highest BCUT2D eigenvalue weighted by atomic mass is 32.1. The normalized spacial score (nSPS) is 14.9. The minimum Gasteiger partial charge on any atom is -0.497 e. The Bertz CT molecular complexity index is 1130. The molecule has 7 heteroatoms. The van der Waals surface area contributed by atoms with Gasteiger partial charge in [-0.3, -0.25) is 4.79 Å². The Balaban J connectivity index is 1.75. The van der Waals surface area contributed by atoms with E-state index < -0.39 is 0 Å². The van der Waals surface area contributed by atoms with Crippen molar-refractivity contribution >= 4 is 28.6 Å². The number of nitrogens with zero attached hydrogens (tertiary/aromatic N) is 3. The summed E-state index contributed by atoms with van der Waals surface area (Å²) in [5.41, 5.74) is 4.09. The van der Waals surface area contributed by atoms with E-state index in [0.29, 0.717) is 5.71 Å². The van der Waals surface area contributed by atoms with E-state index >= 15 is 0 Å². The minimum absolute atomic E-state index is 0.220. The number of nitrogens with one attached hydrogen (secondary N) is 1. The van der Waals surface area contributed by atoms with E-state index in [1.165, 1.54) is 11.3 Å². The molecular weight excluding hydrogens is 384 g/mol. The van der Waals surface area contributed by atoms with Crippen LogP contribution in [0.25, 0.3) is 11.3 Å². The van der Waals surface area contributed by atoms with Crippen LogP contribution in [0.3, 0.4) is 0 Å². The zero-order valence-corrected chi connectivity index (χ0v) is 17.2. The number of amides is 1. The highest BCUT2D eigenvalue weighted by molar-refractivity contribution is 7.07. The topological polar surface area (TPSA) is 68.0 Å². The molecule has 1 N–H and O–H groups in total. The second-order valence-corrected chi connectivity index (χ2v) is 7.52. The van der Waals surface area contributed by atoms with Gasteiger partial charge in [0.1, 0.15) is 5.75 Å². The van der Waals surface area contributed by atoms with Crippen LogP contribution in [0.2, 0.25) is 0 Å². The van der Waals surface area contributed by atoms with Crippen molar-refractivity contribution in [3.63, 3.8) is 0 Å². The molecule has 0 saturated heterocycles. The van der Waals surface area contributed by atoms with Gasteiger partial charge in [-0.1, -0.05) is 31.5 Å². The Morgan fingerprint density at radius 1 is 1.10 bits per heavy atom. The van der Waals surface area contributed by atoms with Crippen molar-refractivity contribution in [2.75, 3.05) is 12.4 Å². The maximum Gasteiger partial charge on any atom is 0.276 e. The lowest BCUT2D eigenvalue weighted by molar-refractivity contribution is -0.110. The number of aromatic nitrogens is 1. The van der Waals surface area contributed by atoms with E-state index in [1.807, 2.05) is 48.5 Å². The first-order valence-corrected chi connectivity index (χ1v) is 10.4. The number of carbonyl (C=O) groups excluding carboxylic acids is 1. The molecule has 2 heterocycles. The SMILES string of the molecule is CCCCn1c(-c2ccc(OC)cc2)cs/c1=N\N=C1/C(=O)Nc2ccccc21. The van der Waals surface area contributed by atoms with Crippen molar-refractivity contribution in [1.82, 2.24) is 4.57 Å². The van der Waals surface area contributed by atoms with Crippen LogP contribution < -0.4 is 14.9 Å². The van der Waals surface area contributed by atoms with Gasteiger partial charge in [0.05, 0.1) is 18.5 Å². The lowest BCUT2D eigenvalue weighted by atomic mass is 10.1. The monoisotopic (exact) mass is 406 g/mol. The summed E-state index contributed by atoms with van der Waals surface area (Å²) in [5.74, 6) is 0.605. The number of benzene rings is 2. The number of carbonyl (C=O) groups is 1. The fourth-order valence-corrected chi connectivity index (χ4v) is 4.11. The molecule has 1 amide bonds. The number of fused-ring (bicyclic) bond motifs is 1. The van der Waals surface area contributed by atoms with Crippen LogP contribution in [0.4, 0.5) is 5.69 Å². The Labute approximate surface area is 173 Å². The van der Waals surface area contributed by atoms with Gasteiger partial charge in [-0.15, -0.1) is 21.5 Å². The quantitative estimate of drug-likeness (QED) is 0.621. The lowest BCUT2D eigenvalue weighted by Gasteiger charge is -2.09. The van der Waals surface area contributed by atoms with Gasteiger partial charge in [0, 0.05) is 17.5 Å². The second kappa shape index (κ2) is 8.45. The second-order valence-electron chi connectivity index (χ2n) is 6.69. The molecule has 4 rings (SSSR count). The van der Waals surface area contributed by atoms with Gasteiger partial charge >= 0.3 is 0 Å². The number of hydrogen-bond donors (Lipinski definition) is 1. The summed E-state index contributed by atoms with van der Waals surface area (Å²) in [6.07, 6.45) is 2.11. The largest absolute Gasteiger partial charge is 0.497 e. The summed E-state index contributed by atoms with van der Waals surface area (Å²) >= 11 is 1.52. The zero-order valence-electron chi connectivity index (χ0n) is 16.4. The molecule has 148 valence electrons. The molecule has 1 aromatic heterocycles. The fraction of sp³-hybridized carbons (Fsp3) is 0.227. The average molecular weight is 407 g/mol. The molecule has 0 unspecified atom stereocenters. The van der Waals surface area contributed by atoms with Crippen LogP contribution >= 0.6 is 11.3 Å². The summed E-state index contributed by atoms with van der Waals surface area (Å²) in [4.78, 5) is 13.1. The predicted octanol–water partition coefficient (Wildman–Crippen LogP) is 4.28. The minimum atomic E-state index is -0.220. The molecule has 1 aliphatic rings. The third-order valence-corrected chi connectivity index (χ3v) is 5.65. The first kappa shape index (κ1) is 19.1. The van der Waals surface area contributed by atoms with Crippen molar-refractivity contribution in [1.29, 1.82) is 0 Å². The molecule has 2 aromatic carbocycles. The Morgan fingerprint density at radius 2 is 1.90 bits per heavy atom. The van der Waals surface area contributed by atoms with Gasteiger partial charge in [-0.25, -0.2) is 0 Å². The molecular formula is C22H22N4O2S. The number of anilines is 1. The van der Waals surface area contributed by atoms with Crippen LogP contribution in [0.5, 0.6) is 5.75 Å². The molecule has 29 heavy (non-hydrogen) atoms. The van der Waals surface area contributed by atoms with E-state index in [2.05, 4.69) is 32.4 Å². The van der Waals surface area contributed by atoms with Crippen molar-refractivity contribution in [3.8, 4) is 17.0 Å². The van der Waals surface area contributed by atoms with Crippen molar-refractivity contribution in [2.45, 2.75) is 26.3 Å². The lowest BCUT2D eigenvalue weighted by Crippen LogP contribution is -2.17. The first-order chi connectivity index (χ1) is 14.2. The number of thiazole rings is 1. The van der Waals surface area contributed by atoms with Crippen molar-refractivity contribution in [2.24, 2.45) is 10.2 Å². The highest BCUT2D eigenvalue weighted by Gasteiger charge is 2.25. The molecule has 0 bridgehead atoms. The summed E-state index contributed by atoms with van der Waals surface area (Å²) in [6, 6.07) is 15.5. The van der Waals surface area contributed by atoms with Crippen LogP contribution in [-0.2, 0) is 11.3 Å². The third kappa shape index (κ3) is 3.86. The van der Waals surface area contributed by atoms with Gasteiger partial charge in [0.25, 0.3) is 5.91 Å². The molecule has 1 aliphatic heterocycles. The highest BCUT2D eigenvalue weighted by Crippen LogP contribution is 2.24. The van der Waals surface area contributed by atoms with Crippen LogP contribution in [0.15, 0.2) is 64.1 Å². The number of hydrogen-bond acceptors (Lipinski definition) is 5. The number of unbranched alkanes of at least 4 members (excludes halogenated alkanes) is 1. The molecule has 0 aliphatic carbocycles. The summed E-state index contributed by atoms with van der Waals surface area (Å²) in [6.45, 7) is 3.00. The van der Waals surface area contributed by atoms with Crippen molar-refractivity contribution in [3.05, 3.63) is 64.3 Å². The molecule has 0 radical (unpaired) electrons. The number of rotatable bonds is 6. The van der Waals surface area contributed by atoms with E-state index in [1.54, 1.807) is 7.11 Å². The molecule has 0 spiro atoms. The van der Waals surface area contributed by atoms with E-state index in [-0.39, 0.29) is 5.91 Å². The third-order valence-electron chi connectivity index (χ3n) is 4.80. The van der Waals surface area contributed by atoms with E-state index in [9.17, 15) is 4.79 Å². The van der Waals surface area contributed by atoms with Crippen LogP contribution in [-0.4, -0.2) is 23.3 Å². The van der Waals surface area contributed by atoms with E-state index in [4.69, 9.17) is 4.74 Å². The Morgan fingerprint density at radius 3 is 2.66 bits per heavy atom. The van der Waals surface area contributed by atoms with Gasteiger partial charge in [-0.05, 0) is 42.3 Å². The standard InChI is InChI=1S/C22H22N4O2S/c1-3-4-13-26-19(15-9-11-16(28-2)12-10-15)14-29-22(26)25-24-20-17-7-5-6-8-18(17)23-21(20)27/h5-12,14H,3-4,13H2,1-2H3,(H,23,24,27)/b25-22-. The molecule has 3 aromatic rings. The van der Waals surface area contributed by atoms with E-state index in [0.717, 1.165) is 52.4 Å². The van der Waals surface area contributed by atoms with Gasteiger partial charge < -0.3 is 14.6 Å². The van der Waals surface area contributed by atoms with Gasteiger partial charge in [-0.2, -0.15) is 0 Å². The number of methoxy groups -OCH3 is 1. The zero-order chi connectivity index (χ0) is 20.2. The number of para-hydroxylation sites is 1. The Kier molecular flexibility index (Phi) is 5.57. The maximum atomic E-state index is 12.3. The van der Waals surface area contributed by atoms with Crippen LogP contribution in [0, 0.1) is 0 Å². The summed E-state index contributed by atoms with van der Waals surface area (Å²) in [7, 11) is 1.66. The maximum absolute atomic E-state index is 12.3. The van der Waals surface area contributed by atoms with Gasteiger partial charge in [0.2, 0.25) is 4.80 Å². The van der Waals surface area contributed by atoms with Gasteiger partial charge in [0.15, 0.2) is 5.71 Å². The summed E-state index contributed by atoms with van der Waals surface area (Å²) < 4.78 is 7.43. The summed E-state index contributed by atoms with van der Waals surface area (Å²) in [5, 5.41) is 13.7. The molecule has 0 fully saturated rings. The smallest absolute Gasteiger partial charge is 0.276 e. The first-order valence-electron chi connectivity index (χ1n) is 9.56. The fourth-order valence-electron chi connectivity index (χ4n) is 3.23.